The van der Waals surface area contributed by atoms with Crippen molar-refractivity contribution in [2.75, 3.05) is 13.6 Å². The summed E-state index contributed by atoms with van der Waals surface area (Å²) in [4.78, 5) is 12.2. The lowest BCUT2D eigenvalue weighted by atomic mass is 10.2. The number of hydrogen-bond donors (Lipinski definition) is 1. The molecule has 3 heteroatoms. The zero-order valence-electron chi connectivity index (χ0n) is 7.50. The van der Waals surface area contributed by atoms with Gasteiger partial charge in [-0.1, -0.05) is 13.8 Å². The lowest BCUT2D eigenvalue weighted by molar-refractivity contribution is -0.141. The summed E-state index contributed by atoms with van der Waals surface area (Å²) in [5, 5.41) is 8.54. The van der Waals surface area contributed by atoms with Crippen LogP contribution in [-0.4, -0.2) is 35.6 Å². The first-order valence-electron chi connectivity index (χ1n) is 4.15. The molecular formula is C8H17NO2. The van der Waals surface area contributed by atoms with E-state index in [4.69, 9.17) is 5.11 Å². The maximum Gasteiger partial charge on any atom is 0.320 e. The SMILES string of the molecule is CC.CN1CCCC1C(=O)O. The van der Waals surface area contributed by atoms with Gasteiger partial charge in [0.25, 0.3) is 0 Å². The smallest absolute Gasteiger partial charge is 0.320 e. The molecule has 0 saturated carbocycles. The molecule has 3 nitrogen and oxygen atoms in total. The summed E-state index contributed by atoms with van der Waals surface area (Å²) in [5.41, 5.74) is 0. The number of likely N-dealkylation sites (tertiary alicyclic amines) is 1. The summed E-state index contributed by atoms with van der Waals surface area (Å²) in [6, 6.07) is -0.218. The first kappa shape index (κ1) is 10.4. The highest BCUT2D eigenvalue weighted by Crippen LogP contribution is 2.13. The zero-order chi connectivity index (χ0) is 8.85. The summed E-state index contributed by atoms with van der Waals surface area (Å²) in [5.74, 6) is -0.685. The van der Waals surface area contributed by atoms with Crippen LogP contribution >= 0.6 is 0 Å². The lowest BCUT2D eigenvalue weighted by Gasteiger charge is -2.13. The number of hydrogen-bond acceptors (Lipinski definition) is 2. The highest BCUT2D eigenvalue weighted by Gasteiger charge is 2.26. The number of likely N-dealkylation sites (N-methyl/N-ethyl adjacent to an activating group) is 1. The van der Waals surface area contributed by atoms with Crippen LogP contribution in [0.3, 0.4) is 0 Å². The molecule has 1 heterocycles. The molecule has 0 aromatic rings. The highest BCUT2D eigenvalue weighted by molar-refractivity contribution is 5.73. The van der Waals surface area contributed by atoms with Crippen LogP contribution in [0.1, 0.15) is 26.7 Å². The molecule has 0 aromatic carbocycles. The van der Waals surface area contributed by atoms with Crippen molar-refractivity contribution in [3.63, 3.8) is 0 Å². The molecule has 1 aliphatic rings. The van der Waals surface area contributed by atoms with Crippen LogP contribution in [0.4, 0.5) is 0 Å². The summed E-state index contributed by atoms with van der Waals surface area (Å²) in [6.45, 7) is 4.93. The first-order chi connectivity index (χ1) is 5.22. The van der Waals surface area contributed by atoms with E-state index in [9.17, 15) is 4.79 Å². The minimum atomic E-state index is -0.685. The van der Waals surface area contributed by atoms with Gasteiger partial charge in [-0.2, -0.15) is 0 Å². The molecule has 1 aliphatic heterocycles. The van der Waals surface area contributed by atoms with E-state index in [1.54, 1.807) is 0 Å². The van der Waals surface area contributed by atoms with E-state index in [-0.39, 0.29) is 6.04 Å². The second kappa shape index (κ2) is 5.13. The van der Waals surface area contributed by atoms with Crippen molar-refractivity contribution in [3.05, 3.63) is 0 Å². The van der Waals surface area contributed by atoms with Crippen LogP contribution in [0.5, 0.6) is 0 Å². The largest absolute Gasteiger partial charge is 0.480 e. The van der Waals surface area contributed by atoms with Gasteiger partial charge < -0.3 is 5.11 Å². The van der Waals surface area contributed by atoms with Crippen LogP contribution in [0.15, 0.2) is 0 Å². The second-order valence-electron chi connectivity index (χ2n) is 2.48. The van der Waals surface area contributed by atoms with Crippen LogP contribution in [0.2, 0.25) is 0 Å². The molecule has 1 N–H and O–H groups in total. The fourth-order valence-corrected chi connectivity index (χ4v) is 1.22. The Morgan fingerprint density at radius 1 is 1.55 bits per heavy atom. The summed E-state index contributed by atoms with van der Waals surface area (Å²) < 4.78 is 0. The predicted molar refractivity (Wildman–Crippen MR) is 44.6 cm³/mol. The fourth-order valence-electron chi connectivity index (χ4n) is 1.22. The minimum Gasteiger partial charge on any atom is -0.480 e. The molecule has 1 saturated heterocycles. The molecule has 0 spiro atoms. The third kappa shape index (κ3) is 2.89. The number of aliphatic carboxylic acids is 1. The van der Waals surface area contributed by atoms with Gasteiger partial charge in [0.2, 0.25) is 0 Å². The van der Waals surface area contributed by atoms with Crippen LogP contribution < -0.4 is 0 Å². The van der Waals surface area contributed by atoms with Crippen LogP contribution in [0.25, 0.3) is 0 Å². The fraction of sp³-hybridized carbons (Fsp3) is 0.875. The summed E-state index contributed by atoms with van der Waals surface area (Å²) in [6.07, 6.45) is 1.83. The molecule has 1 atom stereocenters. The number of carboxylic acid groups (broad SMARTS) is 1. The van der Waals surface area contributed by atoms with Crippen molar-refractivity contribution in [1.82, 2.24) is 4.90 Å². The Labute approximate surface area is 68.0 Å². The standard InChI is InChI=1S/C6H11NO2.C2H6/c1-7-4-2-3-5(7)6(8)9;1-2/h5H,2-4H2,1H3,(H,8,9);1-2H3. The number of rotatable bonds is 1. The molecule has 0 aromatic heterocycles. The van der Waals surface area contributed by atoms with E-state index in [1.807, 2.05) is 25.8 Å². The Balaban J connectivity index is 0.000000461. The molecule has 11 heavy (non-hydrogen) atoms. The van der Waals surface area contributed by atoms with Crippen molar-refractivity contribution in [2.45, 2.75) is 32.7 Å². The Kier molecular flexibility index (Phi) is 4.86. The zero-order valence-corrected chi connectivity index (χ0v) is 7.50. The van der Waals surface area contributed by atoms with Gasteiger partial charge in [0.15, 0.2) is 0 Å². The molecule has 0 amide bonds. The third-order valence-corrected chi connectivity index (χ3v) is 1.81. The Morgan fingerprint density at radius 3 is 2.27 bits per heavy atom. The summed E-state index contributed by atoms with van der Waals surface area (Å²) >= 11 is 0. The van der Waals surface area contributed by atoms with E-state index in [1.165, 1.54) is 0 Å². The molecule has 1 fully saturated rings. The van der Waals surface area contributed by atoms with Gasteiger partial charge in [-0.3, -0.25) is 9.69 Å². The molecule has 0 radical (unpaired) electrons. The van der Waals surface area contributed by atoms with E-state index in [0.29, 0.717) is 0 Å². The van der Waals surface area contributed by atoms with Crippen molar-refractivity contribution in [3.8, 4) is 0 Å². The predicted octanol–water partition coefficient (Wildman–Crippen LogP) is 1.19. The normalized spacial score (nSPS) is 24.1. The van der Waals surface area contributed by atoms with Crippen molar-refractivity contribution >= 4 is 5.97 Å². The topological polar surface area (TPSA) is 40.5 Å². The molecule has 1 unspecified atom stereocenters. The van der Waals surface area contributed by atoms with E-state index in [2.05, 4.69) is 0 Å². The molecule has 66 valence electrons. The minimum absolute atomic E-state index is 0.218. The van der Waals surface area contributed by atoms with Gasteiger partial charge in [0.1, 0.15) is 6.04 Å². The number of nitrogens with zero attached hydrogens (tertiary/aromatic N) is 1. The van der Waals surface area contributed by atoms with Crippen LogP contribution in [-0.2, 0) is 4.79 Å². The first-order valence-corrected chi connectivity index (χ1v) is 4.15. The summed E-state index contributed by atoms with van der Waals surface area (Å²) in [7, 11) is 1.85. The Morgan fingerprint density at radius 2 is 2.09 bits per heavy atom. The molecule has 0 aliphatic carbocycles. The average Bonchev–Trinajstić information content (AvgIpc) is 2.39. The van der Waals surface area contributed by atoms with E-state index in [0.717, 1.165) is 19.4 Å². The molecule has 0 bridgehead atoms. The number of carbonyl (C=O) groups is 1. The van der Waals surface area contributed by atoms with Gasteiger partial charge in [-0.05, 0) is 26.4 Å². The monoisotopic (exact) mass is 159 g/mol. The Hall–Kier alpha value is -0.570. The quantitative estimate of drug-likeness (QED) is 0.624. The van der Waals surface area contributed by atoms with Gasteiger partial charge in [-0.15, -0.1) is 0 Å². The Bertz CT molecular complexity index is 125. The van der Waals surface area contributed by atoms with Crippen molar-refractivity contribution < 1.29 is 9.90 Å². The van der Waals surface area contributed by atoms with Crippen molar-refractivity contribution in [1.29, 1.82) is 0 Å². The maximum atomic E-state index is 10.4. The third-order valence-electron chi connectivity index (χ3n) is 1.81. The molecular weight excluding hydrogens is 142 g/mol. The van der Waals surface area contributed by atoms with Gasteiger partial charge >= 0.3 is 5.97 Å². The van der Waals surface area contributed by atoms with Crippen molar-refractivity contribution in [2.24, 2.45) is 0 Å². The van der Waals surface area contributed by atoms with Gasteiger partial charge in [-0.25, -0.2) is 0 Å². The van der Waals surface area contributed by atoms with E-state index >= 15 is 0 Å². The van der Waals surface area contributed by atoms with Crippen LogP contribution in [0, 0.1) is 0 Å². The highest BCUT2D eigenvalue weighted by atomic mass is 16.4. The maximum absolute atomic E-state index is 10.4. The molecule has 1 rings (SSSR count). The van der Waals surface area contributed by atoms with E-state index < -0.39 is 5.97 Å². The lowest BCUT2D eigenvalue weighted by Crippen LogP contribution is -2.32. The average molecular weight is 159 g/mol. The number of carboxylic acids is 1. The second-order valence-corrected chi connectivity index (χ2v) is 2.48. The van der Waals surface area contributed by atoms with Gasteiger partial charge in [0.05, 0.1) is 0 Å². The van der Waals surface area contributed by atoms with Gasteiger partial charge in [0, 0.05) is 0 Å².